The van der Waals surface area contributed by atoms with Gasteiger partial charge in [0.2, 0.25) is 5.91 Å². The summed E-state index contributed by atoms with van der Waals surface area (Å²) in [7, 11) is 0. The summed E-state index contributed by atoms with van der Waals surface area (Å²) in [5, 5.41) is 10.4. The number of halogens is 2. The van der Waals surface area contributed by atoms with E-state index >= 15 is 0 Å². The van der Waals surface area contributed by atoms with Gasteiger partial charge >= 0.3 is 0 Å². The molecule has 0 saturated heterocycles. The lowest BCUT2D eigenvalue weighted by Crippen LogP contribution is -2.21. The number of hydrogen-bond donors (Lipinski definition) is 1. The first-order chi connectivity index (χ1) is 9.08. The molecule has 0 unspecified atom stereocenters. The highest BCUT2D eigenvalue weighted by Crippen LogP contribution is 2.43. The minimum atomic E-state index is -0.115. The van der Waals surface area contributed by atoms with Gasteiger partial charge in [0.1, 0.15) is 5.75 Å². The maximum Gasteiger partial charge on any atom is 0.236 e. The Kier molecular flexibility index (Phi) is 2.88. The van der Waals surface area contributed by atoms with Crippen molar-refractivity contribution >= 4 is 40.5 Å². The summed E-state index contributed by atoms with van der Waals surface area (Å²) in [6.45, 7) is 0. The van der Waals surface area contributed by atoms with E-state index in [1.165, 1.54) is 4.90 Å². The van der Waals surface area contributed by atoms with Gasteiger partial charge in [-0.05, 0) is 23.8 Å². The third kappa shape index (κ3) is 1.95. The monoisotopic (exact) mass is 293 g/mol. The number of carbonyl (C=O) groups excluding carboxylic acids is 1. The molecule has 0 spiro atoms. The smallest absolute Gasteiger partial charge is 0.236 e. The number of benzene rings is 2. The number of fused-ring (bicyclic) bond motifs is 1. The van der Waals surface area contributed by atoms with E-state index < -0.39 is 0 Å². The topological polar surface area (TPSA) is 40.5 Å². The van der Waals surface area contributed by atoms with Gasteiger partial charge in [-0.15, -0.1) is 0 Å². The fourth-order valence-corrected chi connectivity index (χ4v) is 2.80. The predicted octanol–water partition coefficient (Wildman–Crippen LogP) is 3.92. The predicted molar refractivity (Wildman–Crippen MR) is 75.4 cm³/mol. The Balaban J connectivity index is 2.22. The number of rotatable bonds is 1. The number of aromatic hydroxyl groups is 1. The van der Waals surface area contributed by atoms with Gasteiger partial charge in [0.15, 0.2) is 0 Å². The number of hydrogen-bond acceptors (Lipinski definition) is 2. The number of phenolic OH excluding ortho intramolecular Hbond substituents is 1. The molecule has 1 amide bonds. The van der Waals surface area contributed by atoms with Gasteiger partial charge in [0, 0.05) is 6.07 Å². The summed E-state index contributed by atoms with van der Waals surface area (Å²) >= 11 is 12.3. The molecule has 0 fully saturated rings. The van der Waals surface area contributed by atoms with E-state index in [0.717, 1.165) is 5.56 Å². The zero-order valence-electron chi connectivity index (χ0n) is 9.73. The van der Waals surface area contributed by atoms with Crippen molar-refractivity contribution in [2.75, 3.05) is 4.90 Å². The molecule has 1 aliphatic heterocycles. The highest BCUT2D eigenvalue weighted by molar-refractivity contribution is 6.40. The molecular formula is C14H9Cl2NO2. The molecule has 1 N–H and O–H groups in total. The van der Waals surface area contributed by atoms with E-state index in [1.54, 1.807) is 36.4 Å². The van der Waals surface area contributed by atoms with Crippen LogP contribution in [0, 0.1) is 0 Å². The number of phenols is 1. The number of para-hydroxylation sites is 1. The summed E-state index contributed by atoms with van der Waals surface area (Å²) in [5.74, 6) is -0.0165. The van der Waals surface area contributed by atoms with Crippen LogP contribution in [-0.2, 0) is 11.2 Å². The van der Waals surface area contributed by atoms with Crippen LogP contribution in [0.3, 0.4) is 0 Å². The molecular weight excluding hydrogens is 285 g/mol. The van der Waals surface area contributed by atoms with E-state index in [4.69, 9.17) is 23.2 Å². The molecule has 1 aliphatic rings. The zero-order chi connectivity index (χ0) is 13.6. The average Bonchev–Trinajstić information content (AvgIpc) is 2.66. The summed E-state index contributed by atoms with van der Waals surface area (Å²) in [6, 6.07) is 9.91. The second kappa shape index (κ2) is 4.44. The minimum Gasteiger partial charge on any atom is -0.508 e. The van der Waals surface area contributed by atoms with Gasteiger partial charge < -0.3 is 5.11 Å². The summed E-state index contributed by atoms with van der Waals surface area (Å²) < 4.78 is 0. The van der Waals surface area contributed by atoms with Crippen LogP contribution < -0.4 is 4.90 Å². The van der Waals surface area contributed by atoms with Gasteiger partial charge in [0.25, 0.3) is 0 Å². The maximum atomic E-state index is 12.2. The fraction of sp³-hybridized carbons (Fsp3) is 0.0714. The highest BCUT2D eigenvalue weighted by atomic mass is 35.5. The van der Waals surface area contributed by atoms with E-state index in [1.807, 2.05) is 0 Å². The molecule has 0 saturated carbocycles. The zero-order valence-corrected chi connectivity index (χ0v) is 11.2. The molecule has 19 heavy (non-hydrogen) atoms. The first kappa shape index (κ1) is 12.3. The molecule has 2 aromatic rings. The van der Waals surface area contributed by atoms with Crippen LogP contribution in [0.4, 0.5) is 11.4 Å². The Morgan fingerprint density at radius 2 is 1.79 bits per heavy atom. The molecule has 1 heterocycles. The van der Waals surface area contributed by atoms with E-state index in [-0.39, 0.29) is 18.1 Å². The first-order valence-corrected chi connectivity index (χ1v) is 6.42. The molecule has 0 aliphatic carbocycles. The number of amides is 1. The van der Waals surface area contributed by atoms with Crippen LogP contribution in [0.2, 0.25) is 10.0 Å². The molecule has 5 heteroatoms. The lowest BCUT2D eigenvalue weighted by molar-refractivity contribution is -0.116. The first-order valence-electron chi connectivity index (χ1n) is 5.67. The van der Waals surface area contributed by atoms with Crippen LogP contribution in [0.1, 0.15) is 5.56 Å². The lowest BCUT2D eigenvalue weighted by Gasteiger charge is -2.20. The van der Waals surface area contributed by atoms with Gasteiger partial charge in [-0.25, -0.2) is 0 Å². The van der Waals surface area contributed by atoms with Gasteiger partial charge in [-0.1, -0.05) is 35.3 Å². The summed E-state index contributed by atoms with van der Waals surface area (Å²) in [5.41, 5.74) is 1.93. The van der Waals surface area contributed by atoms with Gasteiger partial charge in [-0.3, -0.25) is 9.69 Å². The Morgan fingerprint density at radius 3 is 2.47 bits per heavy atom. The van der Waals surface area contributed by atoms with Crippen LogP contribution in [-0.4, -0.2) is 11.0 Å². The number of carbonyl (C=O) groups is 1. The van der Waals surface area contributed by atoms with Crippen molar-refractivity contribution in [3.8, 4) is 5.75 Å². The van der Waals surface area contributed by atoms with Crippen LogP contribution >= 0.6 is 23.2 Å². The van der Waals surface area contributed by atoms with Crippen molar-refractivity contribution in [3.05, 3.63) is 52.0 Å². The van der Waals surface area contributed by atoms with Gasteiger partial charge in [0.05, 0.1) is 27.8 Å². The summed E-state index contributed by atoms with van der Waals surface area (Å²) in [4.78, 5) is 13.6. The Labute approximate surface area is 120 Å². The molecule has 3 nitrogen and oxygen atoms in total. The second-order valence-electron chi connectivity index (χ2n) is 4.29. The molecule has 3 rings (SSSR count). The highest BCUT2D eigenvalue weighted by Gasteiger charge is 2.31. The maximum absolute atomic E-state index is 12.2. The molecule has 0 atom stereocenters. The minimum absolute atomic E-state index is 0.0987. The van der Waals surface area contributed by atoms with Crippen LogP contribution in [0.15, 0.2) is 36.4 Å². The number of anilines is 2. The van der Waals surface area contributed by atoms with Crippen molar-refractivity contribution < 1.29 is 9.90 Å². The quantitative estimate of drug-likeness (QED) is 0.866. The Hall–Kier alpha value is -1.71. The molecule has 0 aromatic heterocycles. The molecule has 2 aromatic carbocycles. The second-order valence-corrected chi connectivity index (χ2v) is 5.10. The van der Waals surface area contributed by atoms with Crippen LogP contribution in [0.5, 0.6) is 5.75 Å². The molecule has 0 bridgehead atoms. The fourth-order valence-electron chi connectivity index (χ4n) is 2.23. The largest absolute Gasteiger partial charge is 0.508 e. The van der Waals surface area contributed by atoms with Crippen LogP contribution in [0.25, 0.3) is 0 Å². The SMILES string of the molecule is O=C1Cc2ccc(O)cc2N1c1c(Cl)cccc1Cl. The van der Waals surface area contributed by atoms with Crippen molar-refractivity contribution in [2.24, 2.45) is 0 Å². The summed E-state index contributed by atoms with van der Waals surface area (Å²) in [6.07, 6.45) is 0.275. The van der Waals surface area contributed by atoms with Crippen molar-refractivity contribution in [1.82, 2.24) is 0 Å². The van der Waals surface area contributed by atoms with Crippen molar-refractivity contribution in [2.45, 2.75) is 6.42 Å². The lowest BCUT2D eigenvalue weighted by atomic mass is 10.1. The van der Waals surface area contributed by atoms with E-state index in [9.17, 15) is 9.90 Å². The normalized spacial score (nSPS) is 13.8. The van der Waals surface area contributed by atoms with Gasteiger partial charge in [-0.2, -0.15) is 0 Å². The average molecular weight is 294 g/mol. The Morgan fingerprint density at radius 1 is 1.11 bits per heavy atom. The van der Waals surface area contributed by atoms with E-state index in [0.29, 0.717) is 21.4 Å². The molecule has 96 valence electrons. The Bertz CT molecular complexity index is 665. The van der Waals surface area contributed by atoms with E-state index in [2.05, 4.69) is 0 Å². The van der Waals surface area contributed by atoms with Crippen molar-refractivity contribution in [1.29, 1.82) is 0 Å². The third-order valence-corrected chi connectivity index (χ3v) is 3.67. The number of nitrogens with zero attached hydrogens (tertiary/aromatic N) is 1. The third-order valence-electron chi connectivity index (χ3n) is 3.06. The standard InChI is InChI=1S/C14H9Cl2NO2/c15-10-2-1-3-11(16)14(10)17-12-7-9(18)5-4-8(12)6-13(17)19/h1-5,7,18H,6H2. The van der Waals surface area contributed by atoms with Crippen molar-refractivity contribution in [3.63, 3.8) is 0 Å². The molecule has 0 radical (unpaired) electrons.